The lowest BCUT2D eigenvalue weighted by molar-refractivity contribution is -0.148. The lowest BCUT2D eigenvalue weighted by Crippen LogP contribution is -2.26. The Labute approximate surface area is 92.6 Å². The van der Waals surface area contributed by atoms with Gasteiger partial charge in [0.25, 0.3) is 0 Å². The zero-order valence-corrected chi connectivity index (χ0v) is 9.76. The molecule has 0 unspecified atom stereocenters. The summed E-state index contributed by atoms with van der Waals surface area (Å²) < 4.78 is 5.42. The molecule has 0 aliphatic heterocycles. The van der Waals surface area contributed by atoms with Crippen LogP contribution in [0.15, 0.2) is 0 Å². The Kier molecular flexibility index (Phi) is 6.41. The number of esters is 1. The van der Waals surface area contributed by atoms with Crippen molar-refractivity contribution in [2.24, 2.45) is 0 Å². The van der Waals surface area contributed by atoms with Gasteiger partial charge in [-0.3, -0.25) is 4.79 Å². The van der Waals surface area contributed by atoms with Crippen molar-refractivity contribution in [3.05, 3.63) is 0 Å². The third-order valence-corrected chi connectivity index (χ3v) is 2.92. The highest BCUT2D eigenvalue weighted by Crippen LogP contribution is 2.19. The van der Waals surface area contributed by atoms with Gasteiger partial charge in [-0.15, -0.1) is 0 Å². The molecule has 15 heavy (non-hydrogen) atoms. The number of ether oxygens (including phenoxy) is 1. The lowest BCUT2D eigenvalue weighted by atomic mass is 10.1. The minimum atomic E-state index is -0.109. The van der Waals surface area contributed by atoms with Gasteiger partial charge in [0.1, 0.15) is 6.10 Å². The summed E-state index contributed by atoms with van der Waals surface area (Å²) in [7, 11) is 1.77. The van der Waals surface area contributed by atoms with E-state index in [-0.39, 0.29) is 12.1 Å². The summed E-state index contributed by atoms with van der Waals surface area (Å²) in [6, 6.07) is 0. The molecule has 0 aromatic heterocycles. The normalized spacial score (nSPS) is 20.1. The van der Waals surface area contributed by atoms with Gasteiger partial charge in [0.2, 0.25) is 0 Å². The van der Waals surface area contributed by atoms with E-state index in [9.17, 15) is 4.79 Å². The van der Waals surface area contributed by atoms with Gasteiger partial charge in [-0.1, -0.05) is 25.7 Å². The molecule has 1 rings (SSSR count). The van der Waals surface area contributed by atoms with Gasteiger partial charge in [-0.2, -0.15) is 0 Å². The highest BCUT2D eigenvalue weighted by molar-refractivity contribution is 5.71. The minimum Gasteiger partial charge on any atom is -0.461 e. The summed E-state index contributed by atoms with van der Waals surface area (Å²) in [4.78, 5) is 11.3. The SMILES string of the molecule is CNCC(=O)OC1CCCCCCCC1. The standard InChI is InChI=1S/C12H23NO2/c1-13-10-12(14)15-11-8-6-4-2-3-5-7-9-11/h11,13H,2-10H2,1H3. The second kappa shape index (κ2) is 7.69. The van der Waals surface area contributed by atoms with Crippen LogP contribution in [-0.4, -0.2) is 25.7 Å². The number of carbonyl (C=O) groups is 1. The Bertz CT molecular complexity index is 172. The molecule has 0 atom stereocenters. The van der Waals surface area contributed by atoms with Crippen molar-refractivity contribution < 1.29 is 9.53 Å². The van der Waals surface area contributed by atoms with Crippen LogP contribution in [0.25, 0.3) is 0 Å². The second-order valence-electron chi connectivity index (χ2n) is 4.34. The number of likely N-dealkylation sites (N-methyl/N-ethyl adjacent to an activating group) is 1. The molecule has 0 amide bonds. The largest absolute Gasteiger partial charge is 0.461 e. The predicted molar refractivity (Wildman–Crippen MR) is 60.7 cm³/mol. The third-order valence-electron chi connectivity index (χ3n) is 2.92. The van der Waals surface area contributed by atoms with Crippen molar-refractivity contribution in [2.45, 2.75) is 57.5 Å². The number of hydrogen-bond acceptors (Lipinski definition) is 3. The number of carbonyl (C=O) groups excluding carboxylic acids is 1. The van der Waals surface area contributed by atoms with Gasteiger partial charge in [-0.25, -0.2) is 0 Å². The average Bonchev–Trinajstić information content (AvgIpc) is 2.32. The Morgan fingerprint density at radius 1 is 1.13 bits per heavy atom. The zero-order valence-electron chi connectivity index (χ0n) is 9.76. The van der Waals surface area contributed by atoms with Gasteiger partial charge >= 0.3 is 5.97 Å². The van der Waals surface area contributed by atoms with Gasteiger partial charge in [-0.05, 0) is 32.7 Å². The second-order valence-corrected chi connectivity index (χ2v) is 4.34. The van der Waals surface area contributed by atoms with E-state index in [0.29, 0.717) is 6.54 Å². The van der Waals surface area contributed by atoms with Crippen molar-refractivity contribution >= 4 is 5.97 Å². The van der Waals surface area contributed by atoms with Crippen LogP contribution in [0.4, 0.5) is 0 Å². The van der Waals surface area contributed by atoms with Crippen LogP contribution in [0.3, 0.4) is 0 Å². The van der Waals surface area contributed by atoms with Crippen molar-refractivity contribution in [1.82, 2.24) is 5.32 Å². The first-order valence-corrected chi connectivity index (χ1v) is 6.17. The van der Waals surface area contributed by atoms with Crippen LogP contribution in [0, 0.1) is 0 Å². The smallest absolute Gasteiger partial charge is 0.320 e. The summed E-state index contributed by atoms with van der Waals surface area (Å²) in [5.74, 6) is -0.109. The van der Waals surface area contributed by atoms with Crippen LogP contribution in [0.1, 0.15) is 51.4 Å². The van der Waals surface area contributed by atoms with Crippen molar-refractivity contribution in [2.75, 3.05) is 13.6 Å². The number of nitrogens with one attached hydrogen (secondary N) is 1. The summed E-state index contributed by atoms with van der Waals surface area (Å²) in [6.07, 6.45) is 9.96. The Morgan fingerprint density at radius 2 is 1.67 bits per heavy atom. The highest BCUT2D eigenvalue weighted by Gasteiger charge is 2.14. The van der Waals surface area contributed by atoms with Crippen molar-refractivity contribution in [3.63, 3.8) is 0 Å². The molecule has 0 aromatic rings. The van der Waals surface area contributed by atoms with E-state index in [1.807, 2.05) is 0 Å². The van der Waals surface area contributed by atoms with Gasteiger partial charge in [0.15, 0.2) is 0 Å². The highest BCUT2D eigenvalue weighted by atomic mass is 16.5. The monoisotopic (exact) mass is 213 g/mol. The fourth-order valence-corrected chi connectivity index (χ4v) is 2.09. The third kappa shape index (κ3) is 5.78. The van der Waals surface area contributed by atoms with Crippen molar-refractivity contribution in [3.8, 4) is 0 Å². The van der Waals surface area contributed by atoms with Crippen LogP contribution in [-0.2, 0) is 9.53 Å². The molecule has 1 aliphatic rings. The Hall–Kier alpha value is -0.570. The number of hydrogen-bond donors (Lipinski definition) is 1. The molecule has 0 spiro atoms. The molecule has 0 saturated heterocycles. The lowest BCUT2D eigenvalue weighted by Gasteiger charge is -2.16. The van der Waals surface area contributed by atoms with E-state index in [1.54, 1.807) is 7.05 Å². The maximum Gasteiger partial charge on any atom is 0.320 e. The van der Waals surface area contributed by atoms with E-state index in [1.165, 1.54) is 38.5 Å². The first-order chi connectivity index (χ1) is 7.33. The van der Waals surface area contributed by atoms with Crippen LogP contribution >= 0.6 is 0 Å². The van der Waals surface area contributed by atoms with Crippen molar-refractivity contribution in [1.29, 1.82) is 0 Å². The molecule has 3 nitrogen and oxygen atoms in total. The topological polar surface area (TPSA) is 38.3 Å². The van der Waals surface area contributed by atoms with Gasteiger partial charge in [0.05, 0.1) is 6.54 Å². The molecule has 1 N–H and O–H groups in total. The molecule has 0 heterocycles. The molecule has 0 radical (unpaired) electrons. The fraction of sp³-hybridized carbons (Fsp3) is 0.917. The maximum atomic E-state index is 11.3. The predicted octanol–water partition coefficient (Wildman–Crippen LogP) is 2.25. The molecule has 3 heteroatoms. The van der Waals surface area contributed by atoms with Crippen LogP contribution in [0.2, 0.25) is 0 Å². The maximum absolute atomic E-state index is 11.3. The van der Waals surface area contributed by atoms with E-state index < -0.39 is 0 Å². The molecule has 88 valence electrons. The minimum absolute atomic E-state index is 0.109. The fourth-order valence-electron chi connectivity index (χ4n) is 2.09. The Balaban J connectivity index is 2.26. The van der Waals surface area contributed by atoms with Crippen LogP contribution in [0.5, 0.6) is 0 Å². The molecule has 1 fully saturated rings. The summed E-state index contributed by atoms with van der Waals surface area (Å²) in [5, 5.41) is 2.82. The molecule has 0 aromatic carbocycles. The molecular formula is C12H23NO2. The van der Waals surface area contributed by atoms with E-state index in [4.69, 9.17) is 4.74 Å². The quantitative estimate of drug-likeness (QED) is 0.731. The summed E-state index contributed by atoms with van der Waals surface area (Å²) in [6.45, 7) is 0.330. The zero-order chi connectivity index (χ0) is 10.9. The first-order valence-electron chi connectivity index (χ1n) is 6.17. The summed E-state index contributed by atoms with van der Waals surface area (Å²) >= 11 is 0. The first kappa shape index (κ1) is 12.5. The molecule has 1 aliphatic carbocycles. The van der Waals surface area contributed by atoms with E-state index in [2.05, 4.69) is 5.32 Å². The van der Waals surface area contributed by atoms with Gasteiger partial charge < -0.3 is 10.1 Å². The van der Waals surface area contributed by atoms with E-state index >= 15 is 0 Å². The molecule has 1 saturated carbocycles. The molecule has 0 bridgehead atoms. The summed E-state index contributed by atoms with van der Waals surface area (Å²) in [5.41, 5.74) is 0. The average molecular weight is 213 g/mol. The Morgan fingerprint density at radius 3 is 2.20 bits per heavy atom. The van der Waals surface area contributed by atoms with E-state index in [0.717, 1.165) is 12.8 Å². The van der Waals surface area contributed by atoms with Crippen LogP contribution < -0.4 is 5.32 Å². The molecular weight excluding hydrogens is 190 g/mol. The van der Waals surface area contributed by atoms with Gasteiger partial charge in [0, 0.05) is 0 Å². The number of rotatable bonds is 3.